The molecule has 1 aliphatic heterocycles. The Bertz CT molecular complexity index is 545. The molecule has 1 heterocycles. The van der Waals surface area contributed by atoms with Crippen LogP contribution in [0, 0.1) is 12.7 Å². The van der Waals surface area contributed by atoms with Gasteiger partial charge in [-0.05, 0) is 31.9 Å². The Hall–Kier alpha value is -1.91. The number of nitrogens with zero attached hydrogens (tertiary/aromatic N) is 1. The average molecular weight is 278 g/mol. The smallest absolute Gasteiger partial charge is 0.250 e. The topological polar surface area (TPSA) is 49.4 Å². The first-order valence-electron chi connectivity index (χ1n) is 6.89. The van der Waals surface area contributed by atoms with E-state index in [-0.39, 0.29) is 17.6 Å². The van der Waals surface area contributed by atoms with Crippen molar-refractivity contribution in [2.45, 2.75) is 45.7 Å². The summed E-state index contributed by atoms with van der Waals surface area (Å²) < 4.78 is 13.7. The predicted octanol–water partition coefficient (Wildman–Crippen LogP) is 2.15. The summed E-state index contributed by atoms with van der Waals surface area (Å²) in [7, 11) is 0. The lowest BCUT2D eigenvalue weighted by molar-refractivity contribution is -0.134. The number of hydrogen-bond acceptors (Lipinski definition) is 2. The number of hydrogen-bond donors (Lipinski definition) is 1. The van der Waals surface area contributed by atoms with E-state index in [0.717, 1.165) is 0 Å². The first-order chi connectivity index (χ1) is 9.51. The van der Waals surface area contributed by atoms with E-state index in [9.17, 15) is 14.0 Å². The van der Waals surface area contributed by atoms with Gasteiger partial charge >= 0.3 is 0 Å². The van der Waals surface area contributed by atoms with Gasteiger partial charge in [-0.25, -0.2) is 4.39 Å². The molecule has 1 aromatic rings. The first kappa shape index (κ1) is 14.5. The van der Waals surface area contributed by atoms with Crippen LogP contribution in [0.5, 0.6) is 0 Å². The molecule has 0 spiro atoms. The molecule has 2 atom stereocenters. The van der Waals surface area contributed by atoms with Crippen LogP contribution >= 0.6 is 0 Å². The van der Waals surface area contributed by atoms with Crippen LogP contribution in [0.2, 0.25) is 0 Å². The summed E-state index contributed by atoms with van der Waals surface area (Å²) in [6, 6.07) is 3.49. The van der Waals surface area contributed by atoms with Gasteiger partial charge in [0.15, 0.2) is 0 Å². The molecule has 1 aromatic carbocycles. The van der Waals surface area contributed by atoms with Crippen LogP contribution in [0.25, 0.3) is 0 Å². The van der Waals surface area contributed by atoms with Crippen molar-refractivity contribution in [3.8, 4) is 0 Å². The SMILES string of the molecule is CCC1NC(=O)C(CC)N(c2cccc(F)c2C)C1=O. The van der Waals surface area contributed by atoms with E-state index in [4.69, 9.17) is 0 Å². The minimum atomic E-state index is -0.578. The molecule has 1 saturated heterocycles. The second kappa shape index (κ2) is 5.61. The zero-order valence-electron chi connectivity index (χ0n) is 11.9. The van der Waals surface area contributed by atoms with E-state index in [1.165, 1.54) is 11.0 Å². The second-order valence-electron chi connectivity index (χ2n) is 4.99. The maximum absolute atomic E-state index is 13.7. The Morgan fingerprint density at radius 2 is 1.95 bits per heavy atom. The molecule has 0 aromatic heterocycles. The summed E-state index contributed by atoms with van der Waals surface area (Å²) in [5.74, 6) is -0.723. The molecule has 2 unspecified atom stereocenters. The van der Waals surface area contributed by atoms with E-state index in [2.05, 4.69) is 5.32 Å². The lowest BCUT2D eigenvalue weighted by atomic mass is 10.0. The van der Waals surface area contributed by atoms with Gasteiger partial charge in [0, 0.05) is 5.56 Å². The Labute approximate surface area is 118 Å². The fraction of sp³-hybridized carbons (Fsp3) is 0.467. The van der Waals surface area contributed by atoms with Gasteiger partial charge < -0.3 is 5.32 Å². The molecule has 1 fully saturated rings. The summed E-state index contributed by atoms with van der Waals surface area (Å²) in [4.78, 5) is 26.1. The molecule has 0 saturated carbocycles. The molecule has 1 aliphatic rings. The van der Waals surface area contributed by atoms with Crippen LogP contribution in [0.3, 0.4) is 0 Å². The zero-order valence-corrected chi connectivity index (χ0v) is 11.9. The van der Waals surface area contributed by atoms with Crippen molar-refractivity contribution in [2.75, 3.05) is 4.90 Å². The largest absolute Gasteiger partial charge is 0.342 e. The molecule has 0 aliphatic carbocycles. The highest BCUT2D eigenvalue weighted by atomic mass is 19.1. The van der Waals surface area contributed by atoms with Crippen molar-refractivity contribution >= 4 is 17.5 Å². The predicted molar refractivity (Wildman–Crippen MR) is 74.9 cm³/mol. The van der Waals surface area contributed by atoms with Crippen LogP contribution in [0.15, 0.2) is 18.2 Å². The Kier molecular flexibility index (Phi) is 4.06. The summed E-state index contributed by atoms with van der Waals surface area (Å²) >= 11 is 0. The molecular weight excluding hydrogens is 259 g/mol. The number of anilines is 1. The molecule has 1 N–H and O–H groups in total. The summed E-state index contributed by atoms with van der Waals surface area (Å²) in [6.45, 7) is 5.30. The minimum Gasteiger partial charge on any atom is -0.342 e. The summed E-state index contributed by atoms with van der Waals surface area (Å²) in [6.07, 6.45) is 1.01. The monoisotopic (exact) mass is 278 g/mol. The maximum atomic E-state index is 13.7. The van der Waals surface area contributed by atoms with E-state index in [1.807, 2.05) is 13.8 Å². The van der Waals surface area contributed by atoms with E-state index >= 15 is 0 Å². The van der Waals surface area contributed by atoms with Crippen molar-refractivity contribution in [3.05, 3.63) is 29.6 Å². The third-order valence-corrected chi connectivity index (χ3v) is 3.76. The quantitative estimate of drug-likeness (QED) is 0.921. The molecule has 5 heteroatoms. The molecular formula is C15H19FN2O2. The van der Waals surface area contributed by atoms with Crippen LogP contribution in [0.1, 0.15) is 32.3 Å². The van der Waals surface area contributed by atoms with Crippen LogP contribution in [-0.2, 0) is 9.59 Å². The van der Waals surface area contributed by atoms with Gasteiger partial charge in [-0.15, -0.1) is 0 Å². The third-order valence-electron chi connectivity index (χ3n) is 3.76. The number of carbonyl (C=O) groups excluding carboxylic acids is 2. The van der Waals surface area contributed by atoms with E-state index in [0.29, 0.717) is 24.1 Å². The molecule has 0 bridgehead atoms. The number of carbonyl (C=O) groups is 2. The highest BCUT2D eigenvalue weighted by Gasteiger charge is 2.40. The van der Waals surface area contributed by atoms with E-state index in [1.54, 1.807) is 19.1 Å². The summed E-state index contributed by atoms with van der Waals surface area (Å²) in [5.41, 5.74) is 0.874. The van der Waals surface area contributed by atoms with Gasteiger partial charge in [0.2, 0.25) is 11.8 Å². The van der Waals surface area contributed by atoms with Crippen molar-refractivity contribution in [2.24, 2.45) is 0 Å². The Balaban J connectivity index is 2.51. The number of benzene rings is 1. The number of piperazine rings is 1. The zero-order chi connectivity index (χ0) is 14.9. The van der Waals surface area contributed by atoms with Crippen LogP contribution < -0.4 is 10.2 Å². The van der Waals surface area contributed by atoms with Crippen LogP contribution in [0.4, 0.5) is 10.1 Å². The number of rotatable bonds is 3. The number of nitrogens with one attached hydrogen (secondary N) is 1. The lowest BCUT2D eigenvalue weighted by Crippen LogP contribution is -2.63. The van der Waals surface area contributed by atoms with Crippen molar-refractivity contribution in [3.63, 3.8) is 0 Å². The van der Waals surface area contributed by atoms with Gasteiger partial charge in [-0.2, -0.15) is 0 Å². The Morgan fingerprint density at radius 1 is 1.25 bits per heavy atom. The molecule has 20 heavy (non-hydrogen) atoms. The molecule has 2 amide bonds. The van der Waals surface area contributed by atoms with E-state index < -0.39 is 12.1 Å². The molecule has 0 radical (unpaired) electrons. The standard InChI is InChI=1S/C15H19FN2O2/c1-4-11-15(20)18(12(5-2)14(19)17-11)13-8-6-7-10(16)9(13)3/h6-8,11-12H,4-5H2,1-3H3,(H,17,19). The number of amides is 2. The lowest BCUT2D eigenvalue weighted by Gasteiger charge is -2.39. The third kappa shape index (κ3) is 2.28. The average Bonchev–Trinajstić information content (AvgIpc) is 2.44. The van der Waals surface area contributed by atoms with Gasteiger partial charge in [0.1, 0.15) is 17.9 Å². The second-order valence-corrected chi connectivity index (χ2v) is 4.99. The van der Waals surface area contributed by atoms with Crippen LogP contribution in [-0.4, -0.2) is 23.9 Å². The highest BCUT2D eigenvalue weighted by molar-refractivity contribution is 6.08. The van der Waals surface area contributed by atoms with Gasteiger partial charge in [0.25, 0.3) is 0 Å². The van der Waals surface area contributed by atoms with Gasteiger partial charge in [0.05, 0.1) is 5.69 Å². The minimum absolute atomic E-state index is 0.173. The van der Waals surface area contributed by atoms with Gasteiger partial charge in [-0.3, -0.25) is 14.5 Å². The van der Waals surface area contributed by atoms with Crippen molar-refractivity contribution in [1.82, 2.24) is 5.32 Å². The normalized spacial score (nSPS) is 22.9. The first-order valence-corrected chi connectivity index (χ1v) is 6.89. The maximum Gasteiger partial charge on any atom is 0.250 e. The fourth-order valence-electron chi connectivity index (χ4n) is 2.56. The molecule has 108 valence electrons. The number of halogens is 1. The van der Waals surface area contributed by atoms with Crippen molar-refractivity contribution in [1.29, 1.82) is 0 Å². The summed E-state index contributed by atoms with van der Waals surface area (Å²) in [5, 5.41) is 2.73. The van der Waals surface area contributed by atoms with Crippen molar-refractivity contribution < 1.29 is 14.0 Å². The fourth-order valence-corrected chi connectivity index (χ4v) is 2.56. The molecule has 2 rings (SSSR count). The highest BCUT2D eigenvalue weighted by Crippen LogP contribution is 2.28. The van der Waals surface area contributed by atoms with Gasteiger partial charge in [-0.1, -0.05) is 19.9 Å². The Morgan fingerprint density at radius 3 is 2.55 bits per heavy atom. The molecule has 4 nitrogen and oxygen atoms in total.